The summed E-state index contributed by atoms with van der Waals surface area (Å²) in [6.07, 6.45) is -0.515. The summed E-state index contributed by atoms with van der Waals surface area (Å²) in [5, 5.41) is 17.3. The van der Waals surface area contributed by atoms with Crippen LogP contribution in [0.3, 0.4) is 0 Å². The molecule has 1 aromatic carbocycles. The molecule has 0 spiro atoms. The van der Waals surface area contributed by atoms with E-state index in [4.69, 9.17) is 9.84 Å². The zero-order valence-electron chi connectivity index (χ0n) is 19.5. The van der Waals surface area contributed by atoms with E-state index in [-0.39, 0.29) is 0 Å². The van der Waals surface area contributed by atoms with Crippen LogP contribution in [0.25, 0.3) is 15.9 Å². The number of likely N-dealkylation sites (N-methyl/N-ethyl adjacent to an activating group) is 1. The summed E-state index contributed by atoms with van der Waals surface area (Å²) >= 11 is 2.89. The number of rotatable bonds is 4. The zero-order valence-corrected chi connectivity index (χ0v) is 21.1. The second-order valence-corrected chi connectivity index (χ2v) is 11.2. The lowest BCUT2D eigenvalue weighted by Crippen LogP contribution is -2.44. The fraction of sp³-hybridized carbons (Fsp3) is 0.409. The quantitative estimate of drug-likeness (QED) is 0.448. The average Bonchev–Trinajstić information content (AvgIpc) is 3.35. The van der Waals surface area contributed by atoms with Crippen LogP contribution >= 0.6 is 23.1 Å². The highest BCUT2D eigenvalue weighted by Crippen LogP contribution is 2.33. The van der Waals surface area contributed by atoms with E-state index in [0.29, 0.717) is 15.9 Å². The summed E-state index contributed by atoms with van der Waals surface area (Å²) in [6.45, 7) is 9.40. The molecule has 0 aliphatic carbocycles. The van der Waals surface area contributed by atoms with Crippen LogP contribution in [0.4, 0.5) is 15.7 Å². The monoisotopic (exact) mass is 498 g/mol. The predicted molar refractivity (Wildman–Crippen MR) is 134 cm³/mol. The van der Waals surface area contributed by atoms with Crippen molar-refractivity contribution in [1.29, 1.82) is 0 Å². The van der Waals surface area contributed by atoms with Crippen molar-refractivity contribution in [1.82, 2.24) is 29.7 Å². The third-order valence-electron chi connectivity index (χ3n) is 5.22. The maximum atomic E-state index is 12.1. The van der Waals surface area contributed by atoms with Crippen LogP contribution < -0.4 is 10.2 Å². The molecular weight excluding hydrogens is 472 g/mol. The molecular formula is C22H26N8O2S2. The first kappa shape index (κ1) is 22.8. The molecule has 1 aliphatic heterocycles. The van der Waals surface area contributed by atoms with Gasteiger partial charge in [0.2, 0.25) is 5.16 Å². The van der Waals surface area contributed by atoms with Gasteiger partial charge >= 0.3 is 6.09 Å². The number of anilines is 2. The molecule has 1 fully saturated rings. The van der Waals surface area contributed by atoms with Crippen LogP contribution in [0.2, 0.25) is 0 Å². The van der Waals surface area contributed by atoms with Crippen molar-refractivity contribution in [3.05, 3.63) is 30.3 Å². The molecule has 0 saturated carbocycles. The fourth-order valence-electron chi connectivity index (χ4n) is 3.55. The molecule has 4 heterocycles. The number of aromatic nitrogens is 5. The molecule has 178 valence electrons. The Labute approximate surface area is 205 Å². The van der Waals surface area contributed by atoms with Crippen LogP contribution in [-0.4, -0.2) is 74.6 Å². The molecule has 1 N–H and O–H groups in total. The van der Waals surface area contributed by atoms with E-state index in [9.17, 15) is 4.79 Å². The largest absolute Gasteiger partial charge is 0.444 e. The predicted octanol–water partition coefficient (Wildman–Crippen LogP) is 3.98. The molecule has 4 aromatic rings. The van der Waals surface area contributed by atoms with Gasteiger partial charge in [-0.3, -0.25) is 5.32 Å². The number of ether oxygens (including phenoxy) is 1. The Balaban J connectivity index is 1.34. The molecule has 5 rings (SSSR count). The number of amides is 1. The first-order valence-corrected chi connectivity index (χ1v) is 12.6. The van der Waals surface area contributed by atoms with Gasteiger partial charge in [-0.1, -0.05) is 11.3 Å². The van der Waals surface area contributed by atoms with Crippen LogP contribution in [0.1, 0.15) is 20.8 Å². The van der Waals surface area contributed by atoms with E-state index in [2.05, 4.69) is 37.3 Å². The summed E-state index contributed by atoms with van der Waals surface area (Å²) in [5.74, 6) is 0.929. The highest BCUT2D eigenvalue weighted by Gasteiger charge is 2.19. The normalized spacial score (nSPS) is 15.2. The van der Waals surface area contributed by atoms with Crippen LogP contribution in [0, 0.1) is 0 Å². The van der Waals surface area contributed by atoms with Gasteiger partial charge < -0.3 is 14.5 Å². The van der Waals surface area contributed by atoms with Crippen molar-refractivity contribution >= 4 is 56.0 Å². The van der Waals surface area contributed by atoms with E-state index in [1.807, 2.05) is 51.1 Å². The highest BCUT2D eigenvalue weighted by molar-refractivity contribution is 7.99. The molecule has 3 aromatic heterocycles. The molecule has 1 amide bonds. The minimum atomic E-state index is -0.566. The Morgan fingerprint density at radius 2 is 1.91 bits per heavy atom. The maximum Gasteiger partial charge on any atom is 0.413 e. The number of nitrogens with zero attached hydrogens (tertiary/aromatic N) is 7. The van der Waals surface area contributed by atoms with Crippen molar-refractivity contribution < 1.29 is 9.53 Å². The number of fused-ring (bicyclic) bond motifs is 2. The minimum Gasteiger partial charge on any atom is -0.444 e. The smallest absolute Gasteiger partial charge is 0.413 e. The number of carbonyl (C=O) groups is 1. The number of thiazole rings is 1. The molecule has 34 heavy (non-hydrogen) atoms. The van der Waals surface area contributed by atoms with Gasteiger partial charge in [-0.05, 0) is 69.9 Å². The average molecular weight is 499 g/mol. The Morgan fingerprint density at radius 1 is 1.12 bits per heavy atom. The minimum absolute atomic E-state index is 0.498. The van der Waals surface area contributed by atoms with Gasteiger partial charge in [0, 0.05) is 31.1 Å². The number of piperazine rings is 1. The van der Waals surface area contributed by atoms with Gasteiger partial charge in [0.05, 0.1) is 10.2 Å². The van der Waals surface area contributed by atoms with E-state index in [1.54, 1.807) is 4.52 Å². The van der Waals surface area contributed by atoms with E-state index in [1.165, 1.54) is 23.1 Å². The summed E-state index contributed by atoms with van der Waals surface area (Å²) in [4.78, 5) is 22.1. The molecule has 10 nitrogen and oxygen atoms in total. The number of hydrogen-bond donors (Lipinski definition) is 1. The van der Waals surface area contributed by atoms with Crippen LogP contribution in [0.15, 0.2) is 40.4 Å². The van der Waals surface area contributed by atoms with Crippen molar-refractivity contribution in [3.8, 4) is 0 Å². The lowest BCUT2D eigenvalue weighted by atomic mass is 10.2. The number of nitrogens with one attached hydrogen (secondary N) is 1. The first-order valence-electron chi connectivity index (χ1n) is 11.0. The number of hydrogen-bond acceptors (Lipinski definition) is 10. The molecule has 0 radical (unpaired) electrons. The van der Waals surface area contributed by atoms with Gasteiger partial charge in [0.25, 0.3) is 0 Å². The lowest BCUT2D eigenvalue weighted by molar-refractivity contribution is 0.0636. The topological polar surface area (TPSA) is 101 Å². The van der Waals surface area contributed by atoms with Gasteiger partial charge in [0.1, 0.15) is 11.4 Å². The molecule has 0 unspecified atom stereocenters. The third kappa shape index (κ3) is 5.08. The summed E-state index contributed by atoms with van der Waals surface area (Å²) in [5.41, 5.74) is 0.953. The van der Waals surface area contributed by atoms with Crippen molar-refractivity contribution in [2.45, 2.75) is 36.4 Å². The van der Waals surface area contributed by atoms with Crippen molar-refractivity contribution in [3.63, 3.8) is 0 Å². The third-order valence-corrected chi connectivity index (χ3v) is 7.08. The van der Waals surface area contributed by atoms with E-state index >= 15 is 0 Å². The fourth-order valence-corrected chi connectivity index (χ4v) is 5.34. The van der Waals surface area contributed by atoms with Gasteiger partial charge in [-0.15, -0.1) is 15.3 Å². The standard InChI is InChI=1S/C22H26N8O2S2/c1-22(2,3)32-21(31)24-19-23-15-6-5-14(13-16(15)34-19)33-20-26-25-17-7-8-18(27-30(17)20)29-11-9-28(4)10-12-29/h5-8,13H,9-12H2,1-4H3,(H,23,24,31). The second kappa shape index (κ2) is 9.01. The highest BCUT2D eigenvalue weighted by atomic mass is 32.2. The Kier molecular flexibility index (Phi) is 6.04. The van der Waals surface area contributed by atoms with Crippen molar-refractivity contribution in [2.24, 2.45) is 0 Å². The molecule has 1 aliphatic rings. The van der Waals surface area contributed by atoms with Crippen LogP contribution in [0.5, 0.6) is 0 Å². The van der Waals surface area contributed by atoms with Crippen LogP contribution in [-0.2, 0) is 4.74 Å². The Bertz CT molecular complexity index is 1340. The maximum absolute atomic E-state index is 12.1. The van der Waals surface area contributed by atoms with Gasteiger partial charge in [-0.2, -0.15) is 4.52 Å². The lowest BCUT2D eigenvalue weighted by Gasteiger charge is -2.33. The van der Waals surface area contributed by atoms with Crippen molar-refractivity contribution in [2.75, 3.05) is 43.4 Å². The summed E-state index contributed by atoms with van der Waals surface area (Å²) in [6, 6.07) is 9.91. The summed E-state index contributed by atoms with van der Waals surface area (Å²) in [7, 11) is 2.14. The van der Waals surface area contributed by atoms with Gasteiger partial charge in [0.15, 0.2) is 10.8 Å². The van der Waals surface area contributed by atoms with Gasteiger partial charge in [-0.25, -0.2) is 9.78 Å². The molecule has 0 atom stereocenters. The van der Waals surface area contributed by atoms with E-state index < -0.39 is 11.7 Å². The SMILES string of the molecule is CN1CCN(c2ccc3nnc(Sc4ccc5nc(NC(=O)OC(C)(C)C)sc5c4)n3n2)CC1. The number of benzene rings is 1. The second-order valence-electron chi connectivity index (χ2n) is 9.11. The molecule has 12 heteroatoms. The molecule has 0 bridgehead atoms. The zero-order chi connectivity index (χ0) is 23.9. The first-order chi connectivity index (χ1) is 16.2. The molecule has 1 saturated heterocycles. The Morgan fingerprint density at radius 3 is 2.68 bits per heavy atom. The van der Waals surface area contributed by atoms with E-state index in [0.717, 1.165) is 47.1 Å². The number of carbonyl (C=O) groups excluding carboxylic acids is 1. The summed E-state index contributed by atoms with van der Waals surface area (Å²) < 4.78 is 8.06. The Hall–Kier alpha value is -2.96.